The van der Waals surface area contributed by atoms with Gasteiger partial charge < -0.3 is 14.8 Å². The van der Waals surface area contributed by atoms with E-state index in [4.69, 9.17) is 9.47 Å². The number of methoxy groups -OCH3 is 2. The molecule has 2 rings (SSSR count). The lowest BCUT2D eigenvalue weighted by Crippen LogP contribution is -2.25. The van der Waals surface area contributed by atoms with E-state index < -0.39 is 0 Å². The third kappa shape index (κ3) is 4.25. The molecule has 0 fully saturated rings. The number of aryl methyl sites for hydroxylation is 2. The Morgan fingerprint density at radius 2 is 1.91 bits per heavy atom. The summed E-state index contributed by atoms with van der Waals surface area (Å²) in [6.45, 7) is 3.31. The van der Waals surface area contributed by atoms with Crippen LogP contribution in [0.5, 0.6) is 11.5 Å². The smallest absolute Gasteiger partial charge is 0.251 e. The van der Waals surface area contributed by atoms with Gasteiger partial charge >= 0.3 is 0 Å². The molecule has 0 radical (unpaired) electrons. The maximum absolute atomic E-state index is 12.2. The average molecular weight is 303 g/mol. The minimum Gasteiger partial charge on any atom is -0.497 e. The summed E-state index contributed by atoms with van der Waals surface area (Å²) in [5.41, 5.74) is 1.51. The Morgan fingerprint density at radius 1 is 1.23 bits per heavy atom. The van der Waals surface area contributed by atoms with Gasteiger partial charge in [-0.25, -0.2) is 0 Å². The van der Waals surface area contributed by atoms with Crippen LogP contribution in [0, 0.1) is 6.92 Å². The molecule has 6 heteroatoms. The Kier molecular flexibility index (Phi) is 5.41. The number of carbonyl (C=O) groups excluding carboxylic acids is 1. The molecule has 0 saturated heterocycles. The molecule has 0 unspecified atom stereocenters. The number of amides is 1. The van der Waals surface area contributed by atoms with Crippen LogP contribution >= 0.6 is 0 Å². The average Bonchev–Trinajstić information content (AvgIpc) is 2.96. The number of hydrogen-bond donors (Lipinski definition) is 1. The number of aromatic nitrogens is 2. The second kappa shape index (κ2) is 7.49. The van der Waals surface area contributed by atoms with Crippen molar-refractivity contribution in [1.82, 2.24) is 15.1 Å². The summed E-state index contributed by atoms with van der Waals surface area (Å²) in [7, 11) is 3.12. The zero-order chi connectivity index (χ0) is 15.9. The molecule has 0 atom stereocenters. The van der Waals surface area contributed by atoms with E-state index in [1.165, 1.54) is 0 Å². The summed E-state index contributed by atoms with van der Waals surface area (Å²) in [5, 5.41) is 7.19. The van der Waals surface area contributed by atoms with Crippen LogP contribution in [0.15, 0.2) is 30.5 Å². The molecule has 0 saturated carbocycles. The highest BCUT2D eigenvalue weighted by Crippen LogP contribution is 2.22. The van der Waals surface area contributed by atoms with Gasteiger partial charge in [-0.05, 0) is 31.5 Å². The zero-order valence-electron chi connectivity index (χ0n) is 13.1. The Balaban J connectivity index is 1.86. The Hall–Kier alpha value is -2.50. The SMILES string of the molecule is COc1cc(OC)cc(C(=O)NCCCn2ccc(C)n2)c1. The van der Waals surface area contributed by atoms with Gasteiger partial charge in [-0.3, -0.25) is 9.48 Å². The summed E-state index contributed by atoms with van der Waals surface area (Å²) < 4.78 is 12.2. The standard InChI is InChI=1S/C16H21N3O3/c1-12-5-8-19(18-12)7-4-6-17-16(20)13-9-14(21-2)11-15(10-13)22-3/h5,8-11H,4,6-7H2,1-3H3,(H,17,20). The lowest BCUT2D eigenvalue weighted by atomic mass is 10.2. The fraction of sp³-hybridized carbons (Fsp3) is 0.375. The van der Waals surface area contributed by atoms with Crippen LogP contribution in [-0.4, -0.2) is 36.5 Å². The van der Waals surface area contributed by atoms with E-state index in [-0.39, 0.29) is 5.91 Å². The molecule has 6 nitrogen and oxygen atoms in total. The molecule has 1 aromatic carbocycles. The van der Waals surface area contributed by atoms with Crippen LogP contribution in [0.4, 0.5) is 0 Å². The van der Waals surface area contributed by atoms with Crippen molar-refractivity contribution in [2.75, 3.05) is 20.8 Å². The molecular formula is C16H21N3O3. The van der Waals surface area contributed by atoms with Gasteiger partial charge in [-0.1, -0.05) is 0 Å². The normalized spacial score (nSPS) is 10.3. The molecule has 0 aliphatic heterocycles. The van der Waals surface area contributed by atoms with Gasteiger partial charge in [0.05, 0.1) is 19.9 Å². The van der Waals surface area contributed by atoms with Crippen molar-refractivity contribution in [3.05, 3.63) is 41.7 Å². The first-order valence-electron chi connectivity index (χ1n) is 7.13. The molecule has 22 heavy (non-hydrogen) atoms. The molecule has 118 valence electrons. The Bertz CT molecular complexity index is 615. The van der Waals surface area contributed by atoms with Gasteiger partial charge in [0.15, 0.2) is 0 Å². The number of hydrogen-bond acceptors (Lipinski definition) is 4. The molecular weight excluding hydrogens is 282 g/mol. The van der Waals surface area contributed by atoms with Crippen molar-refractivity contribution in [3.8, 4) is 11.5 Å². The zero-order valence-corrected chi connectivity index (χ0v) is 13.1. The maximum atomic E-state index is 12.2. The van der Waals surface area contributed by atoms with Crippen LogP contribution in [0.3, 0.4) is 0 Å². The Labute approximate surface area is 130 Å². The van der Waals surface area contributed by atoms with Crippen molar-refractivity contribution in [2.45, 2.75) is 19.9 Å². The highest BCUT2D eigenvalue weighted by Gasteiger charge is 2.09. The summed E-state index contributed by atoms with van der Waals surface area (Å²) in [6, 6.07) is 7.07. The lowest BCUT2D eigenvalue weighted by molar-refractivity contribution is 0.0952. The van der Waals surface area contributed by atoms with Crippen molar-refractivity contribution >= 4 is 5.91 Å². The minimum atomic E-state index is -0.145. The number of nitrogens with zero attached hydrogens (tertiary/aromatic N) is 2. The molecule has 0 bridgehead atoms. The molecule has 0 spiro atoms. The van der Waals surface area contributed by atoms with Crippen molar-refractivity contribution < 1.29 is 14.3 Å². The topological polar surface area (TPSA) is 65.4 Å². The molecule has 1 heterocycles. The molecule has 1 aromatic heterocycles. The maximum Gasteiger partial charge on any atom is 0.251 e. The second-order valence-electron chi connectivity index (χ2n) is 4.93. The summed E-state index contributed by atoms with van der Waals surface area (Å²) in [6.07, 6.45) is 2.75. The highest BCUT2D eigenvalue weighted by molar-refractivity contribution is 5.95. The second-order valence-corrected chi connectivity index (χ2v) is 4.93. The third-order valence-corrected chi connectivity index (χ3v) is 3.24. The first-order valence-corrected chi connectivity index (χ1v) is 7.13. The summed E-state index contributed by atoms with van der Waals surface area (Å²) >= 11 is 0. The van der Waals surface area contributed by atoms with Crippen molar-refractivity contribution in [2.24, 2.45) is 0 Å². The number of benzene rings is 1. The van der Waals surface area contributed by atoms with Gasteiger partial charge in [0.25, 0.3) is 5.91 Å². The first kappa shape index (κ1) is 15.9. The summed E-state index contributed by atoms with van der Waals surface area (Å²) in [5.74, 6) is 1.04. The Morgan fingerprint density at radius 3 is 2.45 bits per heavy atom. The van der Waals surface area contributed by atoms with E-state index in [2.05, 4.69) is 10.4 Å². The van der Waals surface area contributed by atoms with Crippen LogP contribution in [0.2, 0.25) is 0 Å². The van der Waals surface area contributed by atoms with E-state index in [0.29, 0.717) is 23.6 Å². The van der Waals surface area contributed by atoms with E-state index >= 15 is 0 Å². The van der Waals surface area contributed by atoms with Crippen molar-refractivity contribution in [3.63, 3.8) is 0 Å². The van der Waals surface area contributed by atoms with Gasteiger partial charge in [0.1, 0.15) is 11.5 Å². The fourth-order valence-electron chi connectivity index (χ4n) is 2.07. The van der Waals surface area contributed by atoms with Crippen molar-refractivity contribution in [1.29, 1.82) is 0 Å². The predicted molar refractivity (Wildman–Crippen MR) is 83.5 cm³/mol. The third-order valence-electron chi connectivity index (χ3n) is 3.24. The van der Waals surface area contributed by atoms with Crippen LogP contribution in [-0.2, 0) is 6.54 Å². The molecule has 0 aliphatic rings. The van der Waals surface area contributed by atoms with Crippen LogP contribution in [0.1, 0.15) is 22.5 Å². The monoisotopic (exact) mass is 303 g/mol. The number of ether oxygens (including phenoxy) is 2. The van der Waals surface area contributed by atoms with E-state index in [1.807, 2.05) is 23.9 Å². The molecule has 1 N–H and O–H groups in total. The lowest BCUT2D eigenvalue weighted by Gasteiger charge is -2.09. The van der Waals surface area contributed by atoms with Gasteiger partial charge in [-0.2, -0.15) is 5.10 Å². The number of nitrogens with one attached hydrogen (secondary N) is 1. The summed E-state index contributed by atoms with van der Waals surface area (Å²) in [4.78, 5) is 12.2. The number of carbonyl (C=O) groups is 1. The van der Waals surface area contributed by atoms with Gasteiger partial charge in [0, 0.05) is 30.9 Å². The largest absolute Gasteiger partial charge is 0.497 e. The molecule has 2 aromatic rings. The molecule has 0 aliphatic carbocycles. The quantitative estimate of drug-likeness (QED) is 0.795. The van der Waals surface area contributed by atoms with Crippen LogP contribution < -0.4 is 14.8 Å². The predicted octanol–water partition coefficient (Wildman–Crippen LogP) is 2.03. The number of rotatable bonds is 7. The van der Waals surface area contributed by atoms with E-state index in [1.54, 1.807) is 32.4 Å². The van der Waals surface area contributed by atoms with E-state index in [9.17, 15) is 4.79 Å². The van der Waals surface area contributed by atoms with Crippen LogP contribution in [0.25, 0.3) is 0 Å². The van der Waals surface area contributed by atoms with Gasteiger partial charge in [-0.15, -0.1) is 0 Å². The van der Waals surface area contributed by atoms with Gasteiger partial charge in [0.2, 0.25) is 0 Å². The molecule has 1 amide bonds. The van der Waals surface area contributed by atoms with E-state index in [0.717, 1.165) is 18.7 Å². The minimum absolute atomic E-state index is 0.145. The fourth-order valence-corrected chi connectivity index (χ4v) is 2.07. The first-order chi connectivity index (χ1) is 10.6. The highest BCUT2D eigenvalue weighted by atomic mass is 16.5.